The Morgan fingerprint density at radius 2 is 2.08 bits per heavy atom. The van der Waals surface area contributed by atoms with Crippen molar-refractivity contribution < 1.29 is 4.39 Å². The first-order chi connectivity index (χ1) is 5.79. The van der Waals surface area contributed by atoms with E-state index < -0.39 is 0 Å². The summed E-state index contributed by atoms with van der Waals surface area (Å²) < 4.78 is 13.3. The molecule has 0 radical (unpaired) electrons. The summed E-state index contributed by atoms with van der Waals surface area (Å²) in [6, 6.07) is 7.29. The summed E-state index contributed by atoms with van der Waals surface area (Å²) in [5.41, 5.74) is 1.10. The van der Waals surface area contributed by atoms with Gasteiger partial charge in [-0.05, 0) is 18.6 Å². The van der Waals surface area contributed by atoms with Gasteiger partial charge in [0.2, 0.25) is 0 Å². The lowest BCUT2D eigenvalue weighted by molar-refractivity contribution is 0.627. The van der Waals surface area contributed by atoms with Crippen LogP contribution in [0.25, 0.3) is 10.9 Å². The monoisotopic (exact) mass is 161 g/mol. The zero-order valence-corrected chi connectivity index (χ0v) is 6.71. The van der Waals surface area contributed by atoms with Gasteiger partial charge in [-0.1, -0.05) is 18.2 Å². The van der Waals surface area contributed by atoms with Crippen LogP contribution >= 0.6 is 0 Å². The average molecular weight is 161 g/mol. The molecule has 0 N–H and O–H groups in total. The summed E-state index contributed by atoms with van der Waals surface area (Å²) in [6.07, 6.45) is 1.60. The lowest BCUT2D eigenvalue weighted by Gasteiger charge is -1.99. The fraction of sp³-hybridized carbons (Fsp3) is 0.100. The van der Waals surface area contributed by atoms with Gasteiger partial charge in [0.25, 0.3) is 0 Å². The van der Waals surface area contributed by atoms with Gasteiger partial charge in [-0.15, -0.1) is 0 Å². The quantitative estimate of drug-likeness (QED) is 0.578. The van der Waals surface area contributed by atoms with E-state index in [0.29, 0.717) is 11.1 Å². The number of fused-ring (bicyclic) bond motifs is 1. The number of aryl methyl sites for hydroxylation is 1. The Kier molecular flexibility index (Phi) is 1.54. The number of pyridine rings is 1. The fourth-order valence-electron chi connectivity index (χ4n) is 1.21. The van der Waals surface area contributed by atoms with Gasteiger partial charge >= 0.3 is 0 Å². The second kappa shape index (κ2) is 2.55. The van der Waals surface area contributed by atoms with E-state index in [9.17, 15) is 4.39 Å². The molecule has 0 atom stereocenters. The number of halogens is 1. The van der Waals surface area contributed by atoms with Gasteiger partial charge in [0, 0.05) is 11.6 Å². The molecule has 0 unspecified atom stereocenters. The van der Waals surface area contributed by atoms with Crippen molar-refractivity contribution in [2.24, 2.45) is 0 Å². The lowest BCUT2D eigenvalue weighted by atomic mass is 10.1. The van der Waals surface area contributed by atoms with Crippen molar-refractivity contribution in [3.05, 3.63) is 41.8 Å². The number of aromatic nitrogens is 1. The molecule has 0 aliphatic carbocycles. The summed E-state index contributed by atoms with van der Waals surface area (Å²) in [6.45, 7) is 1.74. The molecule has 1 heterocycles. The van der Waals surface area contributed by atoms with E-state index in [-0.39, 0.29) is 5.82 Å². The molecule has 2 heteroatoms. The summed E-state index contributed by atoms with van der Waals surface area (Å²) in [4.78, 5) is 3.97. The Morgan fingerprint density at radius 3 is 2.92 bits per heavy atom. The molecule has 60 valence electrons. The van der Waals surface area contributed by atoms with E-state index in [1.807, 2.05) is 12.1 Å². The summed E-state index contributed by atoms with van der Waals surface area (Å²) in [7, 11) is 0. The number of benzene rings is 1. The molecule has 12 heavy (non-hydrogen) atoms. The molecule has 0 aliphatic rings. The van der Waals surface area contributed by atoms with Crippen molar-refractivity contribution in [1.82, 2.24) is 4.98 Å². The van der Waals surface area contributed by atoms with Gasteiger partial charge in [-0.2, -0.15) is 0 Å². The van der Waals surface area contributed by atoms with Crippen molar-refractivity contribution in [3.63, 3.8) is 0 Å². The van der Waals surface area contributed by atoms with E-state index in [4.69, 9.17) is 0 Å². The van der Waals surface area contributed by atoms with Crippen LogP contribution in [0.4, 0.5) is 4.39 Å². The molecule has 0 saturated carbocycles. The van der Waals surface area contributed by atoms with Gasteiger partial charge in [0.15, 0.2) is 5.82 Å². The van der Waals surface area contributed by atoms with E-state index >= 15 is 0 Å². The van der Waals surface area contributed by atoms with Gasteiger partial charge < -0.3 is 0 Å². The Bertz CT molecular complexity index is 423. The van der Waals surface area contributed by atoms with E-state index in [0.717, 1.165) is 5.39 Å². The van der Waals surface area contributed by atoms with E-state index in [1.165, 1.54) is 0 Å². The van der Waals surface area contributed by atoms with Crippen molar-refractivity contribution in [1.29, 1.82) is 0 Å². The van der Waals surface area contributed by atoms with Crippen LogP contribution in [0.15, 0.2) is 30.5 Å². The fourth-order valence-corrected chi connectivity index (χ4v) is 1.21. The van der Waals surface area contributed by atoms with Crippen LogP contribution in [0.2, 0.25) is 0 Å². The predicted molar refractivity (Wildman–Crippen MR) is 46.4 cm³/mol. The topological polar surface area (TPSA) is 12.9 Å². The molecule has 1 aromatic heterocycles. The first-order valence-electron chi connectivity index (χ1n) is 3.79. The summed E-state index contributed by atoms with van der Waals surface area (Å²) >= 11 is 0. The third kappa shape index (κ3) is 0.961. The van der Waals surface area contributed by atoms with Crippen molar-refractivity contribution in [2.75, 3.05) is 0 Å². The SMILES string of the molecule is Cc1ccc2cccnc2c1F. The zero-order chi connectivity index (χ0) is 8.55. The molecule has 1 nitrogen and oxygen atoms in total. The molecule has 0 spiro atoms. The van der Waals surface area contributed by atoms with Crippen molar-refractivity contribution >= 4 is 10.9 Å². The van der Waals surface area contributed by atoms with Gasteiger partial charge in [0.05, 0.1) is 0 Å². The van der Waals surface area contributed by atoms with E-state index in [2.05, 4.69) is 4.98 Å². The minimum absolute atomic E-state index is 0.215. The zero-order valence-electron chi connectivity index (χ0n) is 6.71. The Hall–Kier alpha value is -1.44. The number of rotatable bonds is 0. The van der Waals surface area contributed by atoms with Crippen molar-refractivity contribution in [2.45, 2.75) is 6.92 Å². The maximum absolute atomic E-state index is 13.3. The molecule has 0 fully saturated rings. The van der Waals surface area contributed by atoms with Crippen LogP contribution in [-0.2, 0) is 0 Å². The molecule has 0 saturated heterocycles. The lowest BCUT2D eigenvalue weighted by Crippen LogP contribution is -1.86. The summed E-state index contributed by atoms with van der Waals surface area (Å²) in [5.74, 6) is -0.215. The maximum atomic E-state index is 13.3. The number of hydrogen-bond acceptors (Lipinski definition) is 1. The third-order valence-electron chi connectivity index (χ3n) is 1.91. The first-order valence-corrected chi connectivity index (χ1v) is 3.79. The standard InChI is InChI=1S/C10H8FN/c1-7-4-5-8-3-2-6-12-10(8)9(7)11/h2-6H,1H3. The van der Waals surface area contributed by atoms with Gasteiger partial charge in [-0.3, -0.25) is 4.98 Å². The van der Waals surface area contributed by atoms with Gasteiger partial charge in [0.1, 0.15) is 5.52 Å². The molecule has 2 aromatic rings. The highest BCUT2D eigenvalue weighted by atomic mass is 19.1. The number of nitrogens with zero attached hydrogens (tertiary/aromatic N) is 1. The average Bonchev–Trinajstić information content (AvgIpc) is 2.12. The summed E-state index contributed by atoms with van der Waals surface area (Å²) in [5, 5.41) is 0.848. The minimum atomic E-state index is -0.215. The maximum Gasteiger partial charge on any atom is 0.152 e. The molecule has 2 rings (SSSR count). The third-order valence-corrected chi connectivity index (χ3v) is 1.91. The van der Waals surface area contributed by atoms with E-state index in [1.54, 1.807) is 25.3 Å². The smallest absolute Gasteiger partial charge is 0.152 e. The van der Waals surface area contributed by atoms with Crippen LogP contribution < -0.4 is 0 Å². The molecule has 1 aromatic carbocycles. The molecular weight excluding hydrogens is 153 g/mol. The van der Waals surface area contributed by atoms with Crippen LogP contribution in [0.3, 0.4) is 0 Å². The Morgan fingerprint density at radius 1 is 1.25 bits per heavy atom. The highest BCUT2D eigenvalue weighted by molar-refractivity contribution is 5.79. The number of hydrogen-bond donors (Lipinski definition) is 0. The molecule has 0 aliphatic heterocycles. The second-order valence-electron chi connectivity index (χ2n) is 2.77. The predicted octanol–water partition coefficient (Wildman–Crippen LogP) is 2.68. The highest BCUT2D eigenvalue weighted by Gasteiger charge is 2.02. The highest BCUT2D eigenvalue weighted by Crippen LogP contribution is 2.17. The first kappa shape index (κ1) is 7.22. The second-order valence-corrected chi connectivity index (χ2v) is 2.77. The molecule has 0 amide bonds. The Labute approximate surface area is 69.9 Å². The molecule has 0 bridgehead atoms. The van der Waals surface area contributed by atoms with Crippen LogP contribution in [0, 0.1) is 12.7 Å². The van der Waals surface area contributed by atoms with Gasteiger partial charge in [-0.25, -0.2) is 4.39 Å². The van der Waals surface area contributed by atoms with Crippen LogP contribution in [-0.4, -0.2) is 4.98 Å². The van der Waals surface area contributed by atoms with Crippen LogP contribution in [0.1, 0.15) is 5.56 Å². The Balaban J connectivity index is 2.91. The largest absolute Gasteiger partial charge is 0.253 e. The van der Waals surface area contributed by atoms with Crippen LogP contribution in [0.5, 0.6) is 0 Å². The normalized spacial score (nSPS) is 10.5. The molecular formula is C10H8FN. The van der Waals surface area contributed by atoms with Crippen molar-refractivity contribution in [3.8, 4) is 0 Å². The minimum Gasteiger partial charge on any atom is -0.253 e.